The largest absolute Gasteiger partial charge is 0.497 e. The molecule has 0 heterocycles. The average molecular weight is 295 g/mol. The van der Waals surface area contributed by atoms with Crippen LogP contribution in [0.4, 0.5) is 0 Å². The Hall–Kier alpha value is -1.98. The lowest BCUT2D eigenvalue weighted by Gasteiger charge is -2.30. The molecule has 0 unspecified atom stereocenters. The van der Waals surface area contributed by atoms with Crippen LogP contribution in [0.1, 0.15) is 25.7 Å². The molecule has 2 aliphatic rings. The van der Waals surface area contributed by atoms with Gasteiger partial charge in [-0.2, -0.15) is 0 Å². The standard InChI is InChI=1S/C15H21NO5/c1-19-13-9-8-11(14(20-2)15(13)21-3)10-6-4-5-7-12(10)16(17)18/h4-5,10,12H,6-9H2,1-3H3/t10-,12+/m0/s1. The van der Waals surface area contributed by atoms with Crippen molar-refractivity contribution in [3.8, 4) is 0 Å². The van der Waals surface area contributed by atoms with Gasteiger partial charge in [0.1, 0.15) is 5.76 Å². The van der Waals surface area contributed by atoms with Crippen molar-refractivity contribution in [2.24, 2.45) is 5.92 Å². The molecule has 0 fully saturated rings. The molecule has 0 N–H and O–H groups in total. The van der Waals surface area contributed by atoms with Crippen LogP contribution >= 0.6 is 0 Å². The number of hydrogen-bond acceptors (Lipinski definition) is 5. The zero-order chi connectivity index (χ0) is 15.4. The summed E-state index contributed by atoms with van der Waals surface area (Å²) in [5.74, 6) is 1.72. The van der Waals surface area contributed by atoms with Crippen molar-refractivity contribution in [2.75, 3.05) is 21.3 Å². The second-order valence-corrected chi connectivity index (χ2v) is 5.12. The number of ether oxygens (including phenoxy) is 3. The Labute approximate surface area is 124 Å². The van der Waals surface area contributed by atoms with E-state index in [-0.39, 0.29) is 10.8 Å². The molecule has 2 rings (SSSR count). The molecule has 0 aromatic carbocycles. The van der Waals surface area contributed by atoms with E-state index in [2.05, 4.69) is 0 Å². The molecule has 0 amide bonds. The zero-order valence-corrected chi connectivity index (χ0v) is 12.6. The Balaban J connectivity index is 2.44. The normalized spacial score (nSPS) is 25.9. The summed E-state index contributed by atoms with van der Waals surface area (Å²) in [5, 5.41) is 11.3. The summed E-state index contributed by atoms with van der Waals surface area (Å²) in [6.07, 6.45) is 6.38. The van der Waals surface area contributed by atoms with Crippen LogP contribution in [-0.2, 0) is 14.2 Å². The Morgan fingerprint density at radius 2 is 1.71 bits per heavy atom. The van der Waals surface area contributed by atoms with Crippen molar-refractivity contribution >= 4 is 0 Å². The molecule has 2 atom stereocenters. The monoisotopic (exact) mass is 295 g/mol. The fraction of sp³-hybridized carbons (Fsp3) is 0.600. The van der Waals surface area contributed by atoms with Gasteiger partial charge in [-0.1, -0.05) is 12.2 Å². The highest BCUT2D eigenvalue weighted by atomic mass is 16.6. The highest BCUT2D eigenvalue weighted by molar-refractivity contribution is 5.35. The molecule has 0 radical (unpaired) electrons. The van der Waals surface area contributed by atoms with Crippen LogP contribution in [-0.4, -0.2) is 32.3 Å². The second-order valence-electron chi connectivity index (χ2n) is 5.12. The van der Waals surface area contributed by atoms with E-state index in [0.717, 1.165) is 11.3 Å². The second kappa shape index (κ2) is 6.65. The van der Waals surface area contributed by atoms with Crippen LogP contribution in [0.2, 0.25) is 0 Å². The van der Waals surface area contributed by atoms with E-state index in [1.165, 1.54) is 0 Å². The van der Waals surface area contributed by atoms with Crippen molar-refractivity contribution in [3.05, 3.63) is 45.1 Å². The van der Waals surface area contributed by atoms with E-state index in [1.54, 1.807) is 21.3 Å². The minimum atomic E-state index is -0.600. The number of nitrogens with zero attached hydrogens (tertiary/aromatic N) is 1. The van der Waals surface area contributed by atoms with Gasteiger partial charge in [-0.15, -0.1) is 0 Å². The Kier molecular flexibility index (Phi) is 4.88. The number of rotatable bonds is 5. The predicted octanol–water partition coefficient (Wildman–Crippen LogP) is 2.80. The van der Waals surface area contributed by atoms with Crippen LogP contribution in [0.5, 0.6) is 0 Å². The third-order valence-electron chi connectivity index (χ3n) is 4.14. The van der Waals surface area contributed by atoms with Gasteiger partial charge in [0.15, 0.2) is 11.5 Å². The topological polar surface area (TPSA) is 70.8 Å². The maximum Gasteiger partial charge on any atom is 0.223 e. The van der Waals surface area contributed by atoms with E-state index in [0.29, 0.717) is 37.2 Å². The third-order valence-corrected chi connectivity index (χ3v) is 4.14. The maximum atomic E-state index is 11.3. The number of allylic oxidation sites excluding steroid dienone is 2. The number of nitro groups is 1. The first-order valence-corrected chi connectivity index (χ1v) is 7.01. The first-order chi connectivity index (χ1) is 10.1. The van der Waals surface area contributed by atoms with Crippen LogP contribution in [0.15, 0.2) is 35.0 Å². The van der Waals surface area contributed by atoms with E-state index in [9.17, 15) is 10.1 Å². The molecule has 0 saturated heterocycles. The van der Waals surface area contributed by atoms with Gasteiger partial charge >= 0.3 is 0 Å². The van der Waals surface area contributed by atoms with Crippen molar-refractivity contribution in [1.29, 1.82) is 0 Å². The fourth-order valence-electron chi connectivity index (χ4n) is 3.13. The molecular weight excluding hydrogens is 274 g/mol. The summed E-state index contributed by atoms with van der Waals surface area (Å²) in [7, 11) is 4.71. The average Bonchev–Trinajstić information content (AvgIpc) is 2.53. The van der Waals surface area contributed by atoms with Gasteiger partial charge in [0, 0.05) is 17.8 Å². The number of hydrogen-bond donors (Lipinski definition) is 0. The van der Waals surface area contributed by atoms with Crippen molar-refractivity contribution in [3.63, 3.8) is 0 Å². The van der Waals surface area contributed by atoms with E-state index >= 15 is 0 Å². The smallest absolute Gasteiger partial charge is 0.223 e. The summed E-state index contributed by atoms with van der Waals surface area (Å²) >= 11 is 0. The van der Waals surface area contributed by atoms with Crippen LogP contribution < -0.4 is 0 Å². The van der Waals surface area contributed by atoms with E-state index in [4.69, 9.17) is 14.2 Å². The van der Waals surface area contributed by atoms with Gasteiger partial charge in [0.05, 0.1) is 27.2 Å². The van der Waals surface area contributed by atoms with Crippen molar-refractivity contribution < 1.29 is 19.1 Å². The molecule has 2 aliphatic carbocycles. The lowest BCUT2D eigenvalue weighted by Crippen LogP contribution is -2.33. The molecule has 116 valence electrons. The quantitative estimate of drug-likeness (QED) is 0.443. The van der Waals surface area contributed by atoms with Crippen LogP contribution in [0.25, 0.3) is 0 Å². The summed E-state index contributed by atoms with van der Waals surface area (Å²) < 4.78 is 16.2. The van der Waals surface area contributed by atoms with Gasteiger partial charge in [-0.3, -0.25) is 10.1 Å². The third kappa shape index (κ3) is 2.89. The predicted molar refractivity (Wildman–Crippen MR) is 77.0 cm³/mol. The maximum absolute atomic E-state index is 11.3. The molecule has 21 heavy (non-hydrogen) atoms. The highest BCUT2D eigenvalue weighted by Crippen LogP contribution is 2.40. The lowest BCUT2D eigenvalue weighted by molar-refractivity contribution is -0.530. The molecule has 6 heteroatoms. The Bertz CT molecular complexity index is 506. The van der Waals surface area contributed by atoms with Gasteiger partial charge in [0.2, 0.25) is 6.04 Å². The van der Waals surface area contributed by atoms with E-state index < -0.39 is 6.04 Å². The fourth-order valence-corrected chi connectivity index (χ4v) is 3.13. The van der Waals surface area contributed by atoms with Crippen LogP contribution in [0, 0.1) is 16.0 Å². The molecular formula is C15H21NO5. The zero-order valence-electron chi connectivity index (χ0n) is 12.6. The Morgan fingerprint density at radius 3 is 2.29 bits per heavy atom. The molecule has 0 spiro atoms. The molecule has 6 nitrogen and oxygen atoms in total. The summed E-state index contributed by atoms with van der Waals surface area (Å²) in [4.78, 5) is 11.1. The summed E-state index contributed by atoms with van der Waals surface area (Å²) in [5.41, 5.74) is 0.959. The number of methoxy groups -OCH3 is 3. The summed E-state index contributed by atoms with van der Waals surface area (Å²) in [6.45, 7) is 0. The van der Waals surface area contributed by atoms with Gasteiger partial charge in [0.25, 0.3) is 0 Å². The molecule has 0 aliphatic heterocycles. The van der Waals surface area contributed by atoms with Gasteiger partial charge in [-0.05, 0) is 18.4 Å². The van der Waals surface area contributed by atoms with Crippen LogP contribution in [0.3, 0.4) is 0 Å². The molecule has 0 saturated carbocycles. The van der Waals surface area contributed by atoms with Crippen molar-refractivity contribution in [2.45, 2.75) is 31.7 Å². The van der Waals surface area contributed by atoms with Gasteiger partial charge in [-0.25, -0.2) is 0 Å². The van der Waals surface area contributed by atoms with Gasteiger partial charge < -0.3 is 14.2 Å². The minimum absolute atomic E-state index is 0.150. The molecule has 0 aromatic heterocycles. The Morgan fingerprint density at radius 1 is 1.05 bits per heavy atom. The van der Waals surface area contributed by atoms with Crippen molar-refractivity contribution in [1.82, 2.24) is 0 Å². The summed E-state index contributed by atoms with van der Waals surface area (Å²) in [6, 6.07) is -0.600. The lowest BCUT2D eigenvalue weighted by atomic mass is 9.79. The van der Waals surface area contributed by atoms with E-state index in [1.807, 2.05) is 12.2 Å². The first kappa shape index (κ1) is 15.4. The minimum Gasteiger partial charge on any atom is -0.497 e. The SMILES string of the molecule is COC1=C(OC)C(OC)=C([C@@H]2CC=CC[C@H]2[N+](=O)[O-])CC1. The first-order valence-electron chi connectivity index (χ1n) is 7.01. The molecule has 0 bridgehead atoms. The highest BCUT2D eigenvalue weighted by Gasteiger charge is 2.39. The molecule has 0 aromatic rings.